The second kappa shape index (κ2) is 5.22. The second-order valence-corrected chi connectivity index (χ2v) is 6.24. The van der Waals surface area contributed by atoms with Gasteiger partial charge in [-0.1, -0.05) is 38.0 Å². The molecule has 1 aromatic rings. The monoisotopic (exact) mass is 265 g/mol. The Labute approximate surface area is 114 Å². The third-order valence-electron chi connectivity index (χ3n) is 4.91. The van der Waals surface area contributed by atoms with Gasteiger partial charge in [-0.3, -0.25) is 0 Å². The summed E-state index contributed by atoms with van der Waals surface area (Å²) < 4.78 is 14.0. The predicted molar refractivity (Wildman–Crippen MR) is 75.1 cm³/mol. The van der Waals surface area contributed by atoms with Crippen LogP contribution < -0.4 is 5.73 Å². The fourth-order valence-electron chi connectivity index (χ4n) is 3.63. The van der Waals surface area contributed by atoms with Crippen LogP contribution in [-0.4, -0.2) is 11.7 Å². The van der Waals surface area contributed by atoms with E-state index in [0.717, 1.165) is 25.7 Å². The van der Waals surface area contributed by atoms with Crippen molar-refractivity contribution >= 4 is 0 Å². The van der Waals surface area contributed by atoms with Crippen molar-refractivity contribution < 1.29 is 9.50 Å². The number of benzene rings is 1. The zero-order valence-electron chi connectivity index (χ0n) is 11.8. The molecule has 0 aromatic heterocycles. The maximum absolute atomic E-state index is 14.0. The molecular formula is C16H24FNO. The summed E-state index contributed by atoms with van der Waals surface area (Å²) in [4.78, 5) is 0. The number of halogens is 1. The lowest BCUT2D eigenvalue weighted by molar-refractivity contribution is -0.102. The van der Waals surface area contributed by atoms with Crippen LogP contribution in [0.15, 0.2) is 24.3 Å². The van der Waals surface area contributed by atoms with Crippen molar-refractivity contribution in [2.24, 2.45) is 17.1 Å². The fourth-order valence-corrected chi connectivity index (χ4v) is 3.63. The summed E-state index contributed by atoms with van der Waals surface area (Å²) in [5.41, 5.74) is 4.72. The number of hydrogen-bond donors (Lipinski definition) is 2. The third-order valence-corrected chi connectivity index (χ3v) is 4.91. The fraction of sp³-hybridized carbons (Fsp3) is 0.625. The van der Waals surface area contributed by atoms with Crippen molar-refractivity contribution in [3.05, 3.63) is 35.6 Å². The van der Waals surface area contributed by atoms with E-state index >= 15 is 0 Å². The van der Waals surface area contributed by atoms with Crippen molar-refractivity contribution in [2.75, 3.05) is 6.54 Å². The minimum atomic E-state index is -1.22. The molecule has 0 aliphatic heterocycles. The third kappa shape index (κ3) is 2.41. The highest BCUT2D eigenvalue weighted by Gasteiger charge is 2.49. The molecule has 1 aromatic carbocycles. The van der Waals surface area contributed by atoms with Crippen LogP contribution in [0.3, 0.4) is 0 Å². The van der Waals surface area contributed by atoms with Gasteiger partial charge in [0.05, 0.1) is 5.60 Å². The van der Waals surface area contributed by atoms with Gasteiger partial charge in [0.1, 0.15) is 5.82 Å². The van der Waals surface area contributed by atoms with Gasteiger partial charge in [0.15, 0.2) is 0 Å². The predicted octanol–water partition coefficient (Wildman–Crippen LogP) is 3.19. The minimum Gasteiger partial charge on any atom is -0.385 e. The molecule has 0 spiro atoms. The van der Waals surface area contributed by atoms with E-state index in [4.69, 9.17) is 5.73 Å². The molecule has 0 saturated heterocycles. The summed E-state index contributed by atoms with van der Waals surface area (Å²) in [5.74, 6) is 0.175. The average molecular weight is 265 g/mol. The molecule has 0 bridgehead atoms. The number of aliphatic hydroxyl groups is 1. The van der Waals surface area contributed by atoms with Gasteiger partial charge in [-0.05, 0) is 31.7 Å². The smallest absolute Gasteiger partial charge is 0.129 e. The van der Waals surface area contributed by atoms with Crippen LogP contribution in [0.25, 0.3) is 0 Å². The largest absolute Gasteiger partial charge is 0.385 e. The van der Waals surface area contributed by atoms with E-state index in [1.54, 1.807) is 25.1 Å². The van der Waals surface area contributed by atoms with E-state index in [9.17, 15) is 9.50 Å². The molecule has 0 amide bonds. The molecule has 19 heavy (non-hydrogen) atoms. The van der Waals surface area contributed by atoms with Gasteiger partial charge in [0, 0.05) is 17.5 Å². The maximum Gasteiger partial charge on any atom is 0.129 e. The lowest BCUT2D eigenvalue weighted by atomic mass is 9.59. The van der Waals surface area contributed by atoms with Crippen LogP contribution in [0.5, 0.6) is 0 Å². The van der Waals surface area contributed by atoms with E-state index in [0.29, 0.717) is 18.0 Å². The van der Waals surface area contributed by atoms with E-state index in [-0.39, 0.29) is 5.82 Å². The Balaban J connectivity index is 2.43. The van der Waals surface area contributed by atoms with E-state index in [1.165, 1.54) is 6.07 Å². The average Bonchev–Trinajstić information content (AvgIpc) is 2.38. The highest BCUT2D eigenvalue weighted by molar-refractivity contribution is 5.27. The number of nitrogens with two attached hydrogens (primary N) is 1. The molecule has 1 aliphatic rings. The van der Waals surface area contributed by atoms with Crippen LogP contribution in [0.2, 0.25) is 0 Å². The topological polar surface area (TPSA) is 46.2 Å². The summed E-state index contributed by atoms with van der Waals surface area (Å²) in [6, 6.07) is 6.49. The van der Waals surface area contributed by atoms with Crippen molar-refractivity contribution in [1.82, 2.24) is 0 Å². The minimum absolute atomic E-state index is 0.349. The van der Waals surface area contributed by atoms with Gasteiger partial charge in [-0.25, -0.2) is 4.39 Å². The Morgan fingerprint density at radius 3 is 2.74 bits per heavy atom. The Morgan fingerprint density at radius 2 is 2.16 bits per heavy atom. The molecule has 3 N–H and O–H groups in total. The first-order valence-corrected chi connectivity index (χ1v) is 7.10. The lowest BCUT2D eigenvalue weighted by Gasteiger charge is -2.49. The zero-order valence-corrected chi connectivity index (χ0v) is 11.8. The highest BCUT2D eigenvalue weighted by Crippen LogP contribution is 2.51. The summed E-state index contributed by atoms with van der Waals surface area (Å²) in [7, 11) is 0. The first-order chi connectivity index (χ1) is 8.93. The molecular weight excluding hydrogens is 241 g/mol. The molecule has 2 nitrogen and oxygen atoms in total. The molecule has 3 heteroatoms. The van der Waals surface area contributed by atoms with E-state index in [1.807, 2.05) is 0 Å². The Hall–Kier alpha value is -0.930. The van der Waals surface area contributed by atoms with Crippen LogP contribution in [0.4, 0.5) is 4.39 Å². The summed E-state index contributed by atoms with van der Waals surface area (Å²) in [6.45, 7) is 4.29. The van der Waals surface area contributed by atoms with Crippen molar-refractivity contribution in [2.45, 2.75) is 45.1 Å². The molecule has 0 radical (unpaired) electrons. The Kier molecular flexibility index (Phi) is 3.98. The Bertz CT molecular complexity index is 446. The molecule has 0 heterocycles. The molecule has 2 rings (SSSR count). The Morgan fingerprint density at radius 1 is 1.47 bits per heavy atom. The molecule has 1 aliphatic carbocycles. The van der Waals surface area contributed by atoms with Gasteiger partial charge in [-0.2, -0.15) is 0 Å². The van der Waals surface area contributed by atoms with Crippen molar-refractivity contribution in [1.29, 1.82) is 0 Å². The van der Waals surface area contributed by atoms with Crippen molar-refractivity contribution in [3.63, 3.8) is 0 Å². The first-order valence-electron chi connectivity index (χ1n) is 7.10. The van der Waals surface area contributed by atoms with E-state index < -0.39 is 11.0 Å². The van der Waals surface area contributed by atoms with Crippen LogP contribution in [0.1, 0.15) is 45.1 Å². The summed E-state index contributed by atoms with van der Waals surface area (Å²) in [5, 5.41) is 11.0. The van der Waals surface area contributed by atoms with Gasteiger partial charge in [0.25, 0.3) is 0 Å². The standard InChI is InChI=1S/C16H24FNO/c1-12-6-5-9-16(10-12,11-18)15(2,19)13-7-3-4-8-14(13)17/h3-4,7-8,12,19H,5-6,9-11,18H2,1-2H3. The van der Waals surface area contributed by atoms with Crippen LogP contribution in [-0.2, 0) is 5.60 Å². The quantitative estimate of drug-likeness (QED) is 0.881. The van der Waals surface area contributed by atoms with Gasteiger partial charge < -0.3 is 10.8 Å². The lowest BCUT2D eigenvalue weighted by Crippen LogP contribution is -2.51. The SMILES string of the molecule is CC1CCCC(CN)(C(C)(O)c2ccccc2F)C1. The van der Waals surface area contributed by atoms with Gasteiger partial charge in [0.2, 0.25) is 0 Å². The zero-order chi connectivity index (χ0) is 14.1. The molecule has 3 atom stereocenters. The van der Waals surface area contributed by atoms with Gasteiger partial charge in [-0.15, -0.1) is 0 Å². The first kappa shape index (κ1) is 14.5. The number of rotatable bonds is 3. The van der Waals surface area contributed by atoms with Crippen molar-refractivity contribution in [3.8, 4) is 0 Å². The van der Waals surface area contributed by atoms with Crippen LogP contribution in [0, 0.1) is 17.2 Å². The van der Waals surface area contributed by atoms with Crippen LogP contribution >= 0.6 is 0 Å². The number of hydrogen-bond acceptors (Lipinski definition) is 2. The molecule has 1 saturated carbocycles. The normalized spacial score (nSPS) is 30.9. The molecule has 106 valence electrons. The van der Waals surface area contributed by atoms with E-state index in [2.05, 4.69) is 6.92 Å². The molecule has 1 fully saturated rings. The molecule has 3 unspecified atom stereocenters. The summed E-state index contributed by atoms with van der Waals surface area (Å²) >= 11 is 0. The highest BCUT2D eigenvalue weighted by atomic mass is 19.1. The summed E-state index contributed by atoms with van der Waals surface area (Å²) in [6.07, 6.45) is 3.91. The second-order valence-electron chi connectivity index (χ2n) is 6.24. The maximum atomic E-state index is 14.0. The van der Waals surface area contributed by atoms with Gasteiger partial charge >= 0.3 is 0 Å².